The van der Waals surface area contributed by atoms with Crippen molar-refractivity contribution in [2.75, 3.05) is 11.9 Å². The summed E-state index contributed by atoms with van der Waals surface area (Å²) in [6.07, 6.45) is 0. The zero-order valence-electron chi connectivity index (χ0n) is 6.55. The van der Waals surface area contributed by atoms with Crippen LogP contribution in [0.15, 0.2) is 18.2 Å². The van der Waals surface area contributed by atoms with Gasteiger partial charge in [-0.1, -0.05) is 0 Å². The second kappa shape index (κ2) is 5.11. The Labute approximate surface area is 103 Å². The Balaban J connectivity index is 2.83. The number of rotatable bonds is 2. The van der Waals surface area contributed by atoms with Crippen molar-refractivity contribution in [2.45, 2.75) is 0 Å². The van der Waals surface area contributed by atoms with Gasteiger partial charge in [-0.15, -0.1) is 0 Å². The number of halogens is 2. The predicted octanol–water partition coefficient (Wildman–Crippen LogP) is 1.83. The molecule has 0 aliphatic rings. The third-order valence-corrected chi connectivity index (χ3v) is 2.54. The fourth-order valence-corrected chi connectivity index (χ4v) is 2.76. The summed E-state index contributed by atoms with van der Waals surface area (Å²) in [5.41, 5.74) is 0.718. The molecule has 2 N–H and O–H groups in total. The molecule has 70 valence electrons. The molecule has 0 aromatic heterocycles. The monoisotopic (exact) mass is 403 g/mol. The predicted molar refractivity (Wildman–Crippen MR) is 67.6 cm³/mol. The molecule has 0 aliphatic carbocycles. The third-order valence-electron chi connectivity index (χ3n) is 1.29. The molecular formula is C8H7I2NO2. The Morgan fingerprint density at radius 1 is 1.31 bits per heavy atom. The standard InChI is InChI=1S/C8H7I2NO2/c9-5-1-6(10)3-7(2-5)11-8(13)4-12/h1-3,12H,4H2,(H,11,13). The molecule has 0 fully saturated rings. The van der Waals surface area contributed by atoms with E-state index in [0.29, 0.717) is 0 Å². The highest BCUT2D eigenvalue weighted by molar-refractivity contribution is 14.1. The summed E-state index contributed by atoms with van der Waals surface area (Å²) in [7, 11) is 0. The van der Waals surface area contributed by atoms with Crippen molar-refractivity contribution >= 4 is 56.8 Å². The van der Waals surface area contributed by atoms with Crippen molar-refractivity contribution in [1.29, 1.82) is 0 Å². The molecule has 0 bridgehead atoms. The topological polar surface area (TPSA) is 49.3 Å². The molecule has 3 nitrogen and oxygen atoms in total. The molecule has 1 aromatic carbocycles. The number of hydrogen-bond donors (Lipinski definition) is 2. The molecule has 13 heavy (non-hydrogen) atoms. The lowest BCUT2D eigenvalue weighted by Crippen LogP contribution is -2.15. The Kier molecular flexibility index (Phi) is 4.39. The molecule has 0 aliphatic heterocycles. The molecular weight excluding hydrogens is 396 g/mol. The lowest BCUT2D eigenvalue weighted by atomic mass is 10.3. The molecule has 0 radical (unpaired) electrons. The van der Waals surface area contributed by atoms with E-state index < -0.39 is 12.5 Å². The molecule has 0 heterocycles. The molecule has 0 saturated heterocycles. The Hall–Kier alpha value is 0.110. The van der Waals surface area contributed by atoms with Crippen LogP contribution in [0.25, 0.3) is 0 Å². The molecule has 1 rings (SSSR count). The largest absolute Gasteiger partial charge is 0.387 e. The number of anilines is 1. The van der Waals surface area contributed by atoms with Gasteiger partial charge >= 0.3 is 0 Å². The van der Waals surface area contributed by atoms with Crippen molar-refractivity contribution in [3.63, 3.8) is 0 Å². The summed E-state index contributed by atoms with van der Waals surface area (Å²) >= 11 is 4.34. The highest BCUT2D eigenvalue weighted by Crippen LogP contribution is 2.17. The number of aliphatic hydroxyl groups excluding tert-OH is 1. The summed E-state index contributed by atoms with van der Waals surface area (Å²) < 4.78 is 2.11. The van der Waals surface area contributed by atoms with Gasteiger partial charge in [-0.2, -0.15) is 0 Å². The van der Waals surface area contributed by atoms with Crippen LogP contribution in [0, 0.1) is 7.14 Å². The fraction of sp³-hybridized carbons (Fsp3) is 0.125. The van der Waals surface area contributed by atoms with Gasteiger partial charge in [0.1, 0.15) is 6.61 Å². The first-order chi connectivity index (χ1) is 6.11. The molecule has 0 saturated carbocycles. The van der Waals surface area contributed by atoms with Crippen molar-refractivity contribution < 1.29 is 9.90 Å². The van der Waals surface area contributed by atoms with Gasteiger partial charge in [-0.05, 0) is 63.4 Å². The van der Waals surface area contributed by atoms with Gasteiger partial charge in [0.15, 0.2) is 0 Å². The van der Waals surface area contributed by atoms with E-state index in [0.717, 1.165) is 12.8 Å². The van der Waals surface area contributed by atoms with E-state index in [4.69, 9.17) is 5.11 Å². The van der Waals surface area contributed by atoms with Gasteiger partial charge in [0.2, 0.25) is 5.91 Å². The van der Waals surface area contributed by atoms with Crippen LogP contribution in [0.2, 0.25) is 0 Å². The first-order valence-corrected chi connectivity index (χ1v) is 5.64. The van der Waals surface area contributed by atoms with Crippen LogP contribution in [0.3, 0.4) is 0 Å². The number of carbonyl (C=O) groups excluding carboxylic acids is 1. The number of aliphatic hydroxyl groups is 1. The van der Waals surface area contributed by atoms with Crippen LogP contribution in [-0.4, -0.2) is 17.6 Å². The summed E-state index contributed by atoms with van der Waals surface area (Å²) in [5.74, 6) is -0.391. The SMILES string of the molecule is O=C(CO)Nc1cc(I)cc(I)c1. The molecule has 1 amide bonds. The fourth-order valence-electron chi connectivity index (χ4n) is 0.827. The number of nitrogens with one attached hydrogen (secondary N) is 1. The van der Waals surface area contributed by atoms with Gasteiger partial charge in [0.05, 0.1) is 0 Å². The normalized spacial score (nSPS) is 9.77. The highest BCUT2D eigenvalue weighted by Gasteiger charge is 2.01. The van der Waals surface area contributed by atoms with Crippen LogP contribution in [0.5, 0.6) is 0 Å². The Morgan fingerprint density at radius 2 is 1.85 bits per heavy atom. The maximum atomic E-state index is 10.8. The number of carbonyl (C=O) groups is 1. The van der Waals surface area contributed by atoms with E-state index in [2.05, 4.69) is 50.5 Å². The summed E-state index contributed by atoms with van der Waals surface area (Å²) in [4.78, 5) is 10.8. The lowest BCUT2D eigenvalue weighted by Gasteiger charge is -2.04. The van der Waals surface area contributed by atoms with E-state index in [9.17, 15) is 4.79 Å². The maximum absolute atomic E-state index is 10.8. The van der Waals surface area contributed by atoms with E-state index in [-0.39, 0.29) is 0 Å². The van der Waals surface area contributed by atoms with Gasteiger partial charge in [0, 0.05) is 12.8 Å². The Bertz CT molecular complexity index is 308. The average molecular weight is 403 g/mol. The molecule has 0 unspecified atom stereocenters. The smallest absolute Gasteiger partial charge is 0.250 e. The van der Waals surface area contributed by atoms with Gasteiger partial charge in [0.25, 0.3) is 0 Å². The van der Waals surface area contributed by atoms with E-state index in [1.807, 2.05) is 18.2 Å². The van der Waals surface area contributed by atoms with Crippen LogP contribution in [0.1, 0.15) is 0 Å². The zero-order valence-corrected chi connectivity index (χ0v) is 10.9. The van der Waals surface area contributed by atoms with Gasteiger partial charge in [-0.3, -0.25) is 4.79 Å². The quantitative estimate of drug-likeness (QED) is 0.741. The summed E-state index contributed by atoms with van der Waals surface area (Å²) in [5, 5.41) is 11.1. The molecule has 0 atom stereocenters. The second-order valence-electron chi connectivity index (χ2n) is 2.36. The van der Waals surface area contributed by atoms with Crippen LogP contribution in [-0.2, 0) is 4.79 Å². The molecule has 5 heteroatoms. The van der Waals surface area contributed by atoms with Crippen LogP contribution < -0.4 is 5.32 Å². The van der Waals surface area contributed by atoms with Gasteiger partial charge in [-0.25, -0.2) is 0 Å². The summed E-state index contributed by atoms with van der Waals surface area (Å²) in [6.45, 7) is -0.484. The van der Waals surface area contributed by atoms with Crippen molar-refractivity contribution in [2.24, 2.45) is 0 Å². The van der Waals surface area contributed by atoms with Crippen molar-refractivity contribution in [1.82, 2.24) is 0 Å². The van der Waals surface area contributed by atoms with Crippen molar-refractivity contribution in [3.05, 3.63) is 25.3 Å². The van der Waals surface area contributed by atoms with Gasteiger partial charge < -0.3 is 10.4 Å². The maximum Gasteiger partial charge on any atom is 0.250 e. The lowest BCUT2D eigenvalue weighted by molar-refractivity contribution is -0.118. The average Bonchev–Trinajstić information content (AvgIpc) is 2.02. The minimum atomic E-state index is -0.484. The van der Waals surface area contributed by atoms with Crippen LogP contribution >= 0.6 is 45.2 Å². The number of amides is 1. The summed E-state index contributed by atoms with van der Waals surface area (Å²) in [6, 6.07) is 5.68. The number of hydrogen-bond acceptors (Lipinski definition) is 2. The Morgan fingerprint density at radius 3 is 2.31 bits per heavy atom. The molecule has 1 aromatic rings. The minimum Gasteiger partial charge on any atom is -0.387 e. The minimum absolute atomic E-state index is 0.391. The highest BCUT2D eigenvalue weighted by atomic mass is 127. The van der Waals surface area contributed by atoms with Crippen LogP contribution in [0.4, 0.5) is 5.69 Å². The number of benzene rings is 1. The van der Waals surface area contributed by atoms with E-state index in [1.165, 1.54) is 0 Å². The van der Waals surface area contributed by atoms with Crippen molar-refractivity contribution in [3.8, 4) is 0 Å². The molecule has 0 spiro atoms. The third kappa shape index (κ3) is 3.77. The van der Waals surface area contributed by atoms with E-state index >= 15 is 0 Å². The second-order valence-corrected chi connectivity index (χ2v) is 4.86. The first-order valence-electron chi connectivity index (χ1n) is 3.48. The van der Waals surface area contributed by atoms with E-state index in [1.54, 1.807) is 0 Å². The zero-order chi connectivity index (χ0) is 9.84. The first kappa shape index (κ1) is 11.2.